The normalized spacial score (nSPS) is 16.4. The van der Waals surface area contributed by atoms with E-state index in [1.807, 2.05) is 6.92 Å². The van der Waals surface area contributed by atoms with Gasteiger partial charge >= 0.3 is 0 Å². The quantitative estimate of drug-likeness (QED) is 0.809. The number of aryl methyl sites for hydroxylation is 1. The Bertz CT molecular complexity index is 609. The molecule has 1 atom stereocenters. The SMILES string of the molecule is CCNC(=O)[C@H](C)NC(=O)CN1CCN(c2cccc(C)c2C)CC1. The summed E-state index contributed by atoms with van der Waals surface area (Å²) in [7, 11) is 0. The summed E-state index contributed by atoms with van der Waals surface area (Å²) in [5.41, 5.74) is 3.91. The minimum absolute atomic E-state index is 0.0982. The largest absolute Gasteiger partial charge is 0.369 e. The number of nitrogens with zero attached hydrogens (tertiary/aromatic N) is 2. The number of carbonyl (C=O) groups excluding carboxylic acids is 2. The van der Waals surface area contributed by atoms with E-state index in [0.29, 0.717) is 13.1 Å². The summed E-state index contributed by atoms with van der Waals surface area (Å²) in [5, 5.41) is 5.48. The molecule has 0 saturated carbocycles. The summed E-state index contributed by atoms with van der Waals surface area (Å²) in [6.07, 6.45) is 0. The number of nitrogens with one attached hydrogen (secondary N) is 2. The molecule has 1 fully saturated rings. The van der Waals surface area contributed by atoms with E-state index < -0.39 is 6.04 Å². The van der Waals surface area contributed by atoms with Crippen molar-refractivity contribution in [1.82, 2.24) is 15.5 Å². The number of piperazine rings is 1. The number of likely N-dealkylation sites (N-methyl/N-ethyl adjacent to an activating group) is 1. The Morgan fingerprint density at radius 1 is 1.16 bits per heavy atom. The minimum atomic E-state index is -0.497. The third kappa shape index (κ3) is 5.19. The van der Waals surface area contributed by atoms with Gasteiger partial charge in [0.15, 0.2) is 0 Å². The first kappa shape index (κ1) is 19.2. The molecule has 1 aliphatic rings. The number of rotatable bonds is 6. The maximum absolute atomic E-state index is 12.1. The third-order valence-corrected chi connectivity index (χ3v) is 4.78. The molecular formula is C19H30N4O2. The van der Waals surface area contributed by atoms with Crippen LogP contribution in [0.15, 0.2) is 18.2 Å². The number of hydrogen-bond acceptors (Lipinski definition) is 4. The monoisotopic (exact) mass is 346 g/mol. The second kappa shape index (κ2) is 8.85. The minimum Gasteiger partial charge on any atom is -0.369 e. The van der Waals surface area contributed by atoms with Gasteiger partial charge in [0.05, 0.1) is 6.54 Å². The number of benzene rings is 1. The molecule has 1 aliphatic heterocycles. The molecule has 2 amide bonds. The Balaban J connectivity index is 1.81. The van der Waals surface area contributed by atoms with Gasteiger partial charge in [-0.05, 0) is 44.9 Å². The van der Waals surface area contributed by atoms with Crippen LogP contribution in [0.5, 0.6) is 0 Å². The molecule has 1 aromatic carbocycles. The van der Waals surface area contributed by atoms with Crippen LogP contribution < -0.4 is 15.5 Å². The van der Waals surface area contributed by atoms with Crippen LogP contribution in [0.3, 0.4) is 0 Å². The lowest BCUT2D eigenvalue weighted by molar-refractivity contribution is -0.129. The molecule has 0 aromatic heterocycles. The molecule has 0 radical (unpaired) electrons. The first-order valence-corrected chi connectivity index (χ1v) is 9.03. The molecule has 1 saturated heterocycles. The summed E-state index contributed by atoms with van der Waals surface area (Å²) in [5.74, 6) is -0.241. The zero-order chi connectivity index (χ0) is 18.4. The zero-order valence-corrected chi connectivity index (χ0v) is 15.8. The van der Waals surface area contributed by atoms with Crippen molar-refractivity contribution in [1.29, 1.82) is 0 Å². The van der Waals surface area contributed by atoms with Gasteiger partial charge < -0.3 is 15.5 Å². The van der Waals surface area contributed by atoms with Crippen LogP contribution in [0.25, 0.3) is 0 Å². The number of amides is 2. The topological polar surface area (TPSA) is 64.7 Å². The standard InChI is InChI=1S/C19H30N4O2/c1-5-20-19(25)16(4)21-18(24)13-22-9-11-23(12-10-22)17-8-6-7-14(2)15(17)3/h6-8,16H,5,9-13H2,1-4H3,(H,20,25)(H,21,24)/t16-/m0/s1. The molecule has 6 heteroatoms. The Morgan fingerprint density at radius 3 is 2.48 bits per heavy atom. The van der Waals surface area contributed by atoms with Gasteiger partial charge in [-0.1, -0.05) is 12.1 Å². The summed E-state index contributed by atoms with van der Waals surface area (Å²) in [6, 6.07) is 5.90. The Kier molecular flexibility index (Phi) is 6.82. The average molecular weight is 346 g/mol. The first-order chi connectivity index (χ1) is 11.9. The van der Waals surface area contributed by atoms with Crippen LogP contribution in [0.2, 0.25) is 0 Å². The van der Waals surface area contributed by atoms with Crippen LogP contribution in [0.4, 0.5) is 5.69 Å². The van der Waals surface area contributed by atoms with E-state index in [1.54, 1.807) is 6.92 Å². The van der Waals surface area contributed by atoms with Crippen LogP contribution >= 0.6 is 0 Å². The van der Waals surface area contributed by atoms with Crippen LogP contribution in [0, 0.1) is 13.8 Å². The highest BCUT2D eigenvalue weighted by molar-refractivity contribution is 5.87. The van der Waals surface area contributed by atoms with Crippen molar-refractivity contribution < 1.29 is 9.59 Å². The van der Waals surface area contributed by atoms with Crippen LogP contribution in [0.1, 0.15) is 25.0 Å². The number of hydrogen-bond donors (Lipinski definition) is 2. The van der Waals surface area contributed by atoms with E-state index in [1.165, 1.54) is 16.8 Å². The van der Waals surface area contributed by atoms with Crippen molar-refractivity contribution >= 4 is 17.5 Å². The fourth-order valence-electron chi connectivity index (χ4n) is 3.11. The Morgan fingerprint density at radius 2 is 1.84 bits per heavy atom. The lowest BCUT2D eigenvalue weighted by Crippen LogP contribution is -2.52. The van der Waals surface area contributed by atoms with Gasteiger partial charge in [-0.25, -0.2) is 0 Å². The fourth-order valence-corrected chi connectivity index (χ4v) is 3.11. The molecule has 2 N–H and O–H groups in total. The second-order valence-electron chi connectivity index (χ2n) is 6.67. The highest BCUT2D eigenvalue weighted by Crippen LogP contribution is 2.23. The van der Waals surface area contributed by atoms with Crippen molar-refractivity contribution in [2.45, 2.75) is 33.7 Å². The van der Waals surface area contributed by atoms with Gasteiger partial charge in [0.2, 0.25) is 11.8 Å². The van der Waals surface area contributed by atoms with Crippen molar-refractivity contribution in [3.05, 3.63) is 29.3 Å². The third-order valence-electron chi connectivity index (χ3n) is 4.78. The van der Waals surface area contributed by atoms with Gasteiger partial charge in [-0.2, -0.15) is 0 Å². The molecule has 0 unspecified atom stereocenters. The first-order valence-electron chi connectivity index (χ1n) is 9.03. The van der Waals surface area contributed by atoms with E-state index in [-0.39, 0.29) is 11.8 Å². The number of carbonyl (C=O) groups is 2. The second-order valence-corrected chi connectivity index (χ2v) is 6.67. The van der Waals surface area contributed by atoms with Crippen molar-refractivity contribution in [2.24, 2.45) is 0 Å². The van der Waals surface area contributed by atoms with Crippen LogP contribution in [-0.2, 0) is 9.59 Å². The molecule has 6 nitrogen and oxygen atoms in total. The highest BCUT2D eigenvalue weighted by atomic mass is 16.2. The van der Waals surface area contributed by atoms with Gasteiger partial charge in [-0.15, -0.1) is 0 Å². The van der Waals surface area contributed by atoms with E-state index in [2.05, 4.69) is 52.5 Å². The molecular weight excluding hydrogens is 316 g/mol. The van der Waals surface area contributed by atoms with Gasteiger partial charge in [-0.3, -0.25) is 14.5 Å². The summed E-state index contributed by atoms with van der Waals surface area (Å²) < 4.78 is 0. The molecule has 138 valence electrons. The summed E-state index contributed by atoms with van der Waals surface area (Å²) in [6.45, 7) is 12.3. The lowest BCUT2D eigenvalue weighted by Gasteiger charge is -2.36. The molecule has 25 heavy (non-hydrogen) atoms. The van der Waals surface area contributed by atoms with Gasteiger partial charge in [0, 0.05) is 38.4 Å². The molecule has 1 heterocycles. The fraction of sp³-hybridized carbons (Fsp3) is 0.579. The van der Waals surface area contributed by atoms with E-state index in [0.717, 1.165) is 26.2 Å². The van der Waals surface area contributed by atoms with Gasteiger partial charge in [0.1, 0.15) is 6.04 Å². The number of anilines is 1. The maximum atomic E-state index is 12.1. The van der Waals surface area contributed by atoms with Crippen molar-refractivity contribution in [2.75, 3.05) is 44.2 Å². The van der Waals surface area contributed by atoms with E-state index in [9.17, 15) is 9.59 Å². The van der Waals surface area contributed by atoms with Crippen LogP contribution in [-0.4, -0.2) is 62.0 Å². The Hall–Kier alpha value is -2.08. The molecule has 0 spiro atoms. The zero-order valence-electron chi connectivity index (χ0n) is 15.8. The summed E-state index contributed by atoms with van der Waals surface area (Å²) in [4.78, 5) is 28.3. The average Bonchev–Trinajstić information content (AvgIpc) is 2.58. The van der Waals surface area contributed by atoms with Gasteiger partial charge in [0.25, 0.3) is 0 Å². The molecule has 2 rings (SSSR count). The highest BCUT2D eigenvalue weighted by Gasteiger charge is 2.22. The van der Waals surface area contributed by atoms with E-state index in [4.69, 9.17) is 0 Å². The predicted octanol–water partition coefficient (Wildman–Crippen LogP) is 1.07. The summed E-state index contributed by atoms with van der Waals surface area (Å²) >= 11 is 0. The molecule has 1 aromatic rings. The molecule has 0 bridgehead atoms. The maximum Gasteiger partial charge on any atom is 0.242 e. The smallest absolute Gasteiger partial charge is 0.242 e. The lowest BCUT2D eigenvalue weighted by atomic mass is 10.1. The molecule has 0 aliphatic carbocycles. The van der Waals surface area contributed by atoms with E-state index >= 15 is 0 Å². The predicted molar refractivity (Wildman–Crippen MR) is 101 cm³/mol. The Labute approximate surface area is 150 Å². The van der Waals surface area contributed by atoms with Crippen molar-refractivity contribution in [3.63, 3.8) is 0 Å². The van der Waals surface area contributed by atoms with Crippen molar-refractivity contribution in [3.8, 4) is 0 Å².